The molecule has 0 fully saturated rings. The van der Waals surface area contributed by atoms with E-state index >= 15 is 0 Å². The van der Waals surface area contributed by atoms with Gasteiger partial charge in [0.05, 0.1) is 0 Å². The fraction of sp³-hybridized carbons (Fsp3) is 0. The van der Waals surface area contributed by atoms with Crippen molar-refractivity contribution >= 4 is 11.7 Å². The Kier molecular flexibility index (Phi) is 4.00. The molecule has 0 aliphatic rings. The van der Waals surface area contributed by atoms with Crippen LogP contribution >= 0.6 is 0 Å². The molecule has 16 heavy (non-hydrogen) atoms. The first-order valence-electron chi connectivity index (χ1n) is 4.23. The second-order valence-corrected chi connectivity index (χ2v) is 2.65. The normalized spacial score (nSPS) is 12.4. The molecule has 0 atom stereocenters. The summed E-state index contributed by atoms with van der Waals surface area (Å²) < 4.78 is 0. The quantitative estimate of drug-likeness (QED) is 0.137. The Morgan fingerprint density at radius 1 is 1.00 bits per heavy atom. The third-order valence-corrected chi connectivity index (χ3v) is 1.77. The third-order valence-electron chi connectivity index (χ3n) is 1.77. The van der Waals surface area contributed by atoms with Gasteiger partial charge in [-0.15, -0.1) is 0 Å². The van der Waals surface area contributed by atoms with Gasteiger partial charge in [-0.2, -0.15) is 10.2 Å². The molecule has 0 aromatic carbocycles. The number of hydrogen-bond acceptors (Lipinski definition) is 7. The molecule has 0 radical (unpaired) electrons. The average molecular weight is 223 g/mol. The van der Waals surface area contributed by atoms with Crippen molar-refractivity contribution in [3.05, 3.63) is 29.6 Å². The van der Waals surface area contributed by atoms with Crippen molar-refractivity contribution in [1.82, 2.24) is 15.8 Å². The number of amidine groups is 2. The molecular weight excluding hydrogens is 210 g/mol. The fourth-order valence-electron chi connectivity index (χ4n) is 1.05. The Morgan fingerprint density at radius 2 is 1.44 bits per heavy atom. The summed E-state index contributed by atoms with van der Waals surface area (Å²) in [5.74, 6) is 21.1. The Bertz CT molecular complexity index is 375. The monoisotopic (exact) mass is 223 g/mol. The maximum Gasteiger partial charge on any atom is 0.185 e. The van der Waals surface area contributed by atoms with Gasteiger partial charge in [-0.3, -0.25) is 0 Å². The van der Waals surface area contributed by atoms with Crippen molar-refractivity contribution in [1.29, 1.82) is 0 Å². The molecule has 0 amide bonds. The molecule has 0 bridgehead atoms. The molecule has 0 saturated heterocycles. The van der Waals surface area contributed by atoms with Crippen molar-refractivity contribution < 1.29 is 0 Å². The van der Waals surface area contributed by atoms with Gasteiger partial charge in [0, 0.05) is 0 Å². The summed E-state index contributed by atoms with van der Waals surface area (Å²) in [6.45, 7) is 0. The van der Waals surface area contributed by atoms with Crippen LogP contribution in [0.25, 0.3) is 0 Å². The van der Waals surface area contributed by atoms with E-state index in [1.807, 2.05) is 0 Å². The second kappa shape index (κ2) is 5.48. The highest BCUT2D eigenvalue weighted by Crippen LogP contribution is 1.99. The van der Waals surface area contributed by atoms with E-state index < -0.39 is 0 Å². The lowest BCUT2D eigenvalue weighted by atomic mass is 10.2. The number of aromatic nitrogens is 1. The number of hydrazone groups is 2. The van der Waals surface area contributed by atoms with Crippen LogP contribution in [0.1, 0.15) is 11.4 Å². The zero-order valence-electron chi connectivity index (χ0n) is 8.38. The van der Waals surface area contributed by atoms with Crippen LogP contribution < -0.4 is 34.2 Å². The summed E-state index contributed by atoms with van der Waals surface area (Å²) in [6, 6.07) is 5.04. The van der Waals surface area contributed by atoms with Crippen molar-refractivity contribution in [2.24, 2.45) is 33.6 Å². The molecule has 0 spiro atoms. The minimum absolute atomic E-state index is 0.232. The molecular formula is C7H13N9. The van der Waals surface area contributed by atoms with Gasteiger partial charge < -0.3 is 22.5 Å². The fourth-order valence-corrected chi connectivity index (χ4v) is 1.05. The van der Waals surface area contributed by atoms with Crippen molar-refractivity contribution in [3.63, 3.8) is 0 Å². The first-order valence-corrected chi connectivity index (χ1v) is 4.23. The molecule has 0 saturated carbocycles. The van der Waals surface area contributed by atoms with Gasteiger partial charge in [0.15, 0.2) is 11.7 Å². The van der Waals surface area contributed by atoms with Gasteiger partial charge in [-0.1, -0.05) is 6.07 Å². The largest absolute Gasteiger partial charge is 0.321 e. The Hall–Kier alpha value is -2.39. The summed E-state index contributed by atoms with van der Waals surface area (Å²) >= 11 is 0. The van der Waals surface area contributed by atoms with Gasteiger partial charge in [-0.05, 0) is 12.1 Å². The van der Waals surface area contributed by atoms with E-state index in [1.54, 1.807) is 18.2 Å². The first-order chi connectivity index (χ1) is 7.76. The highest BCUT2D eigenvalue weighted by atomic mass is 15.3. The Balaban J connectivity index is 3.13. The zero-order valence-corrected chi connectivity index (χ0v) is 8.38. The molecule has 0 aliphatic carbocycles. The lowest BCUT2D eigenvalue weighted by molar-refractivity contribution is 0.975. The van der Waals surface area contributed by atoms with E-state index in [0.717, 1.165) is 0 Å². The summed E-state index contributed by atoms with van der Waals surface area (Å²) in [7, 11) is 0. The maximum atomic E-state index is 5.21. The van der Waals surface area contributed by atoms with Gasteiger partial charge >= 0.3 is 0 Å². The van der Waals surface area contributed by atoms with Gasteiger partial charge in [0.1, 0.15) is 11.4 Å². The lowest BCUT2D eigenvalue weighted by Crippen LogP contribution is -2.35. The Labute approximate surface area is 91.5 Å². The molecule has 86 valence electrons. The van der Waals surface area contributed by atoms with Crippen LogP contribution in [0.5, 0.6) is 0 Å². The molecule has 1 aromatic rings. The zero-order chi connectivity index (χ0) is 12.0. The molecule has 1 heterocycles. The Morgan fingerprint density at radius 3 is 1.75 bits per heavy atom. The molecule has 10 N–H and O–H groups in total. The number of nitrogens with zero attached hydrogens (tertiary/aromatic N) is 3. The van der Waals surface area contributed by atoms with Crippen LogP contribution in [0.15, 0.2) is 28.4 Å². The van der Waals surface area contributed by atoms with Crippen LogP contribution in [0.3, 0.4) is 0 Å². The van der Waals surface area contributed by atoms with Crippen molar-refractivity contribution in [2.75, 3.05) is 0 Å². The number of hydrazine groups is 2. The number of pyridine rings is 1. The number of hydrogen-bond donors (Lipinski definition) is 6. The van der Waals surface area contributed by atoms with E-state index in [1.165, 1.54) is 0 Å². The van der Waals surface area contributed by atoms with Crippen LogP contribution in [-0.4, -0.2) is 16.7 Å². The second-order valence-electron chi connectivity index (χ2n) is 2.65. The molecule has 9 heteroatoms. The maximum absolute atomic E-state index is 5.21. The van der Waals surface area contributed by atoms with Crippen LogP contribution in [-0.2, 0) is 0 Å². The van der Waals surface area contributed by atoms with Gasteiger partial charge in [0.2, 0.25) is 0 Å². The minimum atomic E-state index is 0.232. The number of nitrogens with two attached hydrogens (primary N) is 4. The summed E-state index contributed by atoms with van der Waals surface area (Å²) in [5.41, 5.74) is 5.51. The lowest BCUT2D eigenvalue weighted by Gasteiger charge is -2.06. The smallest absolute Gasteiger partial charge is 0.185 e. The van der Waals surface area contributed by atoms with Gasteiger partial charge in [-0.25, -0.2) is 16.7 Å². The van der Waals surface area contributed by atoms with Crippen LogP contribution in [0, 0.1) is 0 Å². The predicted molar refractivity (Wildman–Crippen MR) is 60.3 cm³/mol. The van der Waals surface area contributed by atoms with Crippen molar-refractivity contribution in [3.8, 4) is 0 Å². The minimum Gasteiger partial charge on any atom is -0.321 e. The van der Waals surface area contributed by atoms with Crippen LogP contribution in [0.4, 0.5) is 0 Å². The summed E-state index contributed by atoms with van der Waals surface area (Å²) in [4.78, 5) is 4.15. The topological polar surface area (TPSA) is 166 Å². The summed E-state index contributed by atoms with van der Waals surface area (Å²) in [6.07, 6.45) is 0. The highest BCUT2D eigenvalue weighted by Gasteiger charge is 2.07. The first kappa shape index (κ1) is 11.7. The molecule has 0 unspecified atom stereocenters. The van der Waals surface area contributed by atoms with E-state index in [4.69, 9.17) is 23.4 Å². The highest BCUT2D eigenvalue weighted by molar-refractivity contribution is 6.00. The molecule has 1 rings (SSSR count). The number of nitrogens with one attached hydrogen (secondary N) is 2. The molecule has 1 aromatic heterocycles. The standard InChI is InChI=1S/C7H13N9/c8-13-6(14-9)4-2-1-3-5(12-4)7(15-10)16-11/h1-3H,8-11H2,(H,13,14)(H,15,16). The third kappa shape index (κ3) is 2.34. The van der Waals surface area contributed by atoms with E-state index in [2.05, 4.69) is 26.0 Å². The van der Waals surface area contributed by atoms with Crippen LogP contribution in [0.2, 0.25) is 0 Å². The molecule has 0 aliphatic heterocycles. The van der Waals surface area contributed by atoms with E-state index in [9.17, 15) is 0 Å². The molecule has 9 nitrogen and oxygen atoms in total. The van der Waals surface area contributed by atoms with E-state index in [-0.39, 0.29) is 11.7 Å². The average Bonchev–Trinajstić information content (AvgIpc) is 2.33. The predicted octanol–water partition coefficient (Wildman–Crippen LogP) is -2.75. The van der Waals surface area contributed by atoms with Crippen molar-refractivity contribution in [2.45, 2.75) is 0 Å². The van der Waals surface area contributed by atoms with E-state index in [0.29, 0.717) is 11.4 Å². The summed E-state index contributed by atoms with van der Waals surface area (Å²) in [5, 5.41) is 6.85. The SMILES string of the molecule is N/N=C(/NN)c1cccc(/C(=N\N)NN)n1. The van der Waals surface area contributed by atoms with Gasteiger partial charge in [0.25, 0.3) is 0 Å². The number of rotatable bonds is 2.